The van der Waals surface area contributed by atoms with Gasteiger partial charge in [-0.2, -0.15) is 5.26 Å². The lowest BCUT2D eigenvalue weighted by molar-refractivity contribution is 0.0524. The first kappa shape index (κ1) is 24.2. The maximum absolute atomic E-state index is 13.0. The minimum absolute atomic E-state index is 0.252. The fourth-order valence-electron chi connectivity index (χ4n) is 4.85. The highest BCUT2D eigenvalue weighted by Gasteiger charge is 2.46. The highest BCUT2D eigenvalue weighted by molar-refractivity contribution is 5.93. The van der Waals surface area contributed by atoms with Gasteiger partial charge in [0.25, 0.3) is 0 Å². The standard InChI is InChI=1S/C29H31N3O3/c1-5-31-20-13-15-24-26(17-20)35-27-18-21(32(6-2)7-3)14-16-25(27)29(24,19-30)23-12-10-9-11-22(23)28(33)34-8-4/h9-18,31H,5-8H2,1-4H3. The predicted octanol–water partition coefficient (Wildman–Crippen LogP) is 6.10. The molecule has 0 saturated heterocycles. The zero-order chi connectivity index (χ0) is 25.0. The number of nitriles is 1. The summed E-state index contributed by atoms with van der Waals surface area (Å²) in [6, 6.07) is 21.5. The zero-order valence-electron chi connectivity index (χ0n) is 20.7. The van der Waals surface area contributed by atoms with E-state index in [1.807, 2.05) is 55.5 Å². The van der Waals surface area contributed by atoms with E-state index in [4.69, 9.17) is 9.47 Å². The summed E-state index contributed by atoms with van der Waals surface area (Å²) < 4.78 is 11.8. The third-order valence-corrected chi connectivity index (χ3v) is 6.48. The van der Waals surface area contributed by atoms with Gasteiger partial charge >= 0.3 is 5.97 Å². The van der Waals surface area contributed by atoms with Crippen molar-refractivity contribution in [1.82, 2.24) is 0 Å². The number of hydrogen-bond acceptors (Lipinski definition) is 6. The van der Waals surface area contributed by atoms with Gasteiger partial charge in [0.15, 0.2) is 0 Å². The Balaban J connectivity index is 2.03. The first-order valence-electron chi connectivity index (χ1n) is 12.2. The number of esters is 1. The lowest BCUT2D eigenvalue weighted by Crippen LogP contribution is -2.33. The highest BCUT2D eigenvalue weighted by Crippen LogP contribution is 2.53. The maximum atomic E-state index is 13.0. The number of nitrogens with zero attached hydrogens (tertiary/aromatic N) is 2. The molecule has 3 aromatic rings. The van der Waals surface area contributed by atoms with Crippen LogP contribution in [0.2, 0.25) is 0 Å². The van der Waals surface area contributed by atoms with Gasteiger partial charge in [0, 0.05) is 54.3 Å². The largest absolute Gasteiger partial charge is 0.462 e. The van der Waals surface area contributed by atoms with Gasteiger partial charge in [0.2, 0.25) is 0 Å². The molecule has 6 nitrogen and oxygen atoms in total. The van der Waals surface area contributed by atoms with E-state index in [0.717, 1.165) is 31.0 Å². The van der Waals surface area contributed by atoms with Gasteiger partial charge in [-0.3, -0.25) is 0 Å². The molecular weight excluding hydrogens is 438 g/mol. The Morgan fingerprint density at radius 3 is 2.31 bits per heavy atom. The van der Waals surface area contributed by atoms with E-state index in [1.165, 1.54) is 0 Å². The molecule has 1 N–H and O–H groups in total. The normalized spacial score (nSPS) is 15.7. The van der Waals surface area contributed by atoms with Gasteiger partial charge in [-0.05, 0) is 51.5 Å². The molecule has 3 aromatic carbocycles. The minimum atomic E-state index is -1.25. The van der Waals surface area contributed by atoms with Crippen LogP contribution in [0, 0.1) is 11.3 Å². The van der Waals surface area contributed by atoms with Crippen molar-refractivity contribution in [3.63, 3.8) is 0 Å². The van der Waals surface area contributed by atoms with Crippen molar-refractivity contribution in [1.29, 1.82) is 5.26 Å². The van der Waals surface area contributed by atoms with Gasteiger partial charge in [0.1, 0.15) is 16.9 Å². The van der Waals surface area contributed by atoms with Crippen molar-refractivity contribution >= 4 is 17.3 Å². The van der Waals surface area contributed by atoms with E-state index in [-0.39, 0.29) is 6.61 Å². The summed E-state index contributed by atoms with van der Waals surface area (Å²) in [6.07, 6.45) is 0. The quantitative estimate of drug-likeness (QED) is 0.402. The third kappa shape index (κ3) is 4.08. The smallest absolute Gasteiger partial charge is 0.338 e. The van der Waals surface area contributed by atoms with E-state index in [1.54, 1.807) is 19.1 Å². The maximum Gasteiger partial charge on any atom is 0.338 e. The molecule has 6 heteroatoms. The van der Waals surface area contributed by atoms with Crippen LogP contribution in [0.5, 0.6) is 11.5 Å². The summed E-state index contributed by atoms with van der Waals surface area (Å²) in [4.78, 5) is 15.2. The fraction of sp³-hybridized carbons (Fsp3) is 0.310. The summed E-state index contributed by atoms with van der Waals surface area (Å²) in [7, 11) is 0. The molecule has 0 fully saturated rings. The summed E-state index contributed by atoms with van der Waals surface area (Å²) in [6.45, 7) is 10.7. The van der Waals surface area contributed by atoms with Crippen molar-refractivity contribution in [3.8, 4) is 17.6 Å². The molecule has 1 atom stereocenters. The average Bonchev–Trinajstić information content (AvgIpc) is 2.88. The molecule has 0 aliphatic carbocycles. The van der Waals surface area contributed by atoms with Crippen molar-refractivity contribution in [2.24, 2.45) is 0 Å². The first-order chi connectivity index (χ1) is 17.0. The molecule has 0 amide bonds. The lowest BCUT2D eigenvalue weighted by atomic mass is 9.67. The molecule has 0 aromatic heterocycles. The molecule has 1 aliphatic rings. The number of anilines is 2. The van der Waals surface area contributed by atoms with E-state index in [2.05, 4.69) is 30.1 Å². The van der Waals surface area contributed by atoms with Crippen LogP contribution in [-0.2, 0) is 10.2 Å². The Morgan fingerprint density at radius 1 is 0.971 bits per heavy atom. The molecule has 0 radical (unpaired) electrons. The van der Waals surface area contributed by atoms with Gasteiger partial charge in [-0.15, -0.1) is 0 Å². The average molecular weight is 470 g/mol. The SMILES string of the molecule is CCNc1ccc2c(c1)Oc1cc(N(CC)CC)ccc1C2(C#N)c1ccccc1C(=O)OCC. The summed E-state index contributed by atoms with van der Waals surface area (Å²) in [5, 5.41) is 14.2. The Labute approximate surface area is 207 Å². The number of rotatable bonds is 8. The van der Waals surface area contributed by atoms with Gasteiger partial charge < -0.3 is 19.7 Å². The van der Waals surface area contributed by atoms with Crippen LogP contribution in [0.4, 0.5) is 11.4 Å². The van der Waals surface area contributed by atoms with Crippen LogP contribution in [0.15, 0.2) is 60.7 Å². The topological polar surface area (TPSA) is 74.6 Å². The molecule has 0 bridgehead atoms. The van der Waals surface area contributed by atoms with Crippen molar-refractivity contribution in [2.45, 2.75) is 33.1 Å². The lowest BCUT2D eigenvalue weighted by Gasteiger charge is -2.37. The molecule has 35 heavy (non-hydrogen) atoms. The summed E-state index contributed by atoms with van der Waals surface area (Å²) in [5.74, 6) is 0.750. The molecule has 1 aliphatic heterocycles. The number of nitrogens with one attached hydrogen (secondary N) is 1. The highest BCUT2D eigenvalue weighted by atomic mass is 16.5. The number of fused-ring (bicyclic) bond motifs is 2. The van der Waals surface area contributed by atoms with Gasteiger partial charge in [-0.25, -0.2) is 4.79 Å². The Morgan fingerprint density at radius 2 is 1.66 bits per heavy atom. The fourth-order valence-corrected chi connectivity index (χ4v) is 4.85. The number of hydrogen-bond donors (Lipinski definition) is 1. The first-order valence-corrected chi connectivity index (χ1v) is 12.2. The second-order valence-corrected chi connectivity index (χ2v) is 8.32. The van der Waals surface area contributed by atoms with Crippen LogP contribution < -0.4 is 15.0 Å². The second-order valence-electron chi connectivity index (χ2n) is 8.32. The second kappa shape index (κ2) is 10.1. The van der Waals surface area contributed by atoms with Crippen LogP contribution in [-0.4, -0.2) is 32.2 Å². The molecule has 1 heterocycles. The Kier molecular flexibility index (Phi) is 6.97. The van der Waals surface area contributed by atoms with Crippen molar-refractivity contribution in [2.75, 3.05) is 36.5 Å². The Bertz CT molecular complexity index is 1280. The van der Waals surface area contributed by atoms with Crippen molar-refractivity contribution in [3.05, 3.63) is 82.9 Å². The third-order valence-electron chi connectivity index (χ3n) is 6.48. The molecule has 180 valence electrons. The van der Waals surface area contributed by atoms with E-state index < -0.39 is 11.4 Å². The van der Waals surface area contributed by atoms with E-state index in [0.29, 0.717) is 33.8 Å². The monoisotopic (exact) mass is 469 g/mol. The van der Waals surface area contributed by atoms with Crippen LogP contribution in [0.3, 0.4) is 0 Å². The van der Waals surface area contributed by atoms with Crippen LogP contribution in [0.25, 0.3) is 0 Å². The van der Waals surface area contributed by atoms with Crippen LogP contribution in [0.1, 0.15) is 54.7 Å². The van der Waals surface area contributed by atoms with Crippen LogP contribution >= 0.6 is 0 Å². The minimum Gasteiger partial charge on any atom is -0.462 e. The zero-order valence-corrected chi connectivity index (χ0v) is 20.7. The molecule has 0 saturated carbocycles. The van der Waals surface area contributed by atoms with E-state index >= 15 is 0 Å². The van der Waals surface area contributed by atoms with Crippen molar-refractivity contribution < 1.29 is 14.3 Å². The molecular formula is C29H31N3O3. The molecule has 4 rings (SSSR count). The van der Waals surface area contributed by atoms with E-state index in [9.17, 15) is 10.1 Å². The molecule has 1 unspecified atom stereocenters. The number of ether oxygens (including phenoxy) is 2. The Hall–Kier alpha value is -3.98. The number of benzene rings is 3. The molecule has 0 spiro atoms. The van der Waals surface area contributed by atoms with Gasteiger partial charge in [0.05, 0.1) is 18.2 Å². The number of carbonyl (C=O) groups excluding carboxylic acids is 1. The summed E-state index contributed by atoms with van der Waals surface area (Å²) >= 11 is 0. The van der Waals surface area contributed by atoms with Gasteiger partial charge in [-0.1, -0.05) is 30.3 Å². The summed E-state index contributed by atoms with van der Waals surface area (Å²) in [5.41, 5.74) is 3.03. The predicted molar refractivity (Wildman–Crippen MR) is 139 cm³/mol. The number of carbonyl (C=O) groups is 1.